The topological polar surface area (TPSA) is 26.6 Å². The van der Waals surface area contributed by atoms with E-state index in [9.17, 15) is 0 Å². The van der Waals surface area contributed by atoms with Crippen molar-refractivity contribution in [1.82, 2.24) is 4.57 Å². The standard InChI is InChI=1S/C52H34N2O2S/c1-4-14-35(15-5-1)36-24-28-40(29-25-36)53(42-32-33-46-44(34-42)43-20-10-11-21-45(43)54(46)39-18-8-3-9-19-39)41-30-26-38(27-31-41)52-50-49(51(57-52)37-16-6-2-7-17-37)55-47-22-12-13-23-48(47)56-50/h1-34H. The number of aromatic nitrogens is 1. The van der Waals surface area contributed by atoms with Crippen LogP contribution in [0.15, 0.2) is 206 Å². The molecule has 0 atom stereocenters. The van der Waals surface area contributed by atoms with Gasteiger partial charge in [-0.2, -0.15) is 0 Å². The van der Waals surface area contributed by atoms with Gasteiger partial charge in [-0.3, -0.25) is 0 Å². The number of thiophene rings is 1. The highest BCUT2D eigenvalue weighted by Crippen LogP contribution is 2.59. The summed E-state index contributed by atoms with van der Waals surface area (Å²) in [6, 6.07) is 72.6. The van der Waals surface area contributed by atoms with Gasteiger partial charge in [0.05, 0.1) is 20.8 Å². The van der Waals surface area contributed by atoms with E-state index in [2.05, 4.69) is 185 Å². The fraction of sp³-hybridized carbons (Fsp3) is 0. The number of hydrogen-bond donors (Lipinski definition) is 0. The zero-order chi connectivity index (χ0) is 37.7. The van der Waals surface area contributed by atoms with E-state index in [1.54, 1.807) is 11.3 Å². The van der Waals surface area contributed by atoms with Gasteiger partial charge in [0.1, 0.15) is 0 Å². The van der Waals surface area contributed by atoms with Gasteiger partial charge in [-0.05, 0) is 95.1 Å². The van der Waals surface area contributed by atoms with Crippen LogP contribution in [-0.4, -0.2) is 4.57 Å². The molecule has 8 aromatic carbocycles. The summed E-state index contributed by atoms with van der Waals surface area (Å²) in [4.78, 5) is 4.42. The fourth-order valence-electron chi connectivity index (χ4n) is 7.99. The van der Waals surface area contributed by atoms with E-state index in [0.717, 1.165) is 66.6 Å². The Balaban J connectivity index is 1.05. The van der Waals surface area contributed by atoms with Gasteiger partial charge in [-0.15, -0.1) is 11.3 Å². The second-order valence-electron chi connectivity index (χ2n) is 14.1. The Kier molecular flexibility index (Phi) is 7.97. The van der Waals surface area contributed by atoms with E-state index in [-0.39, 0.29) is 0 Å². The highest BCUT2D eigenvalue weighted by atomic mass is 32.1. The van der Waals surface area contributed by atoms with Gasteiger partial charge in [0.2, 0.25) is 0 Å². The van der Waals surface area contributed by atoms with Crippen molar-refractivity contribution >= 4 is 50.2 Å². The molecule has 5 heteroatoms. The van der Waals surface area contributed by atoms with Crippen molar-refractivity contribution in [3.63, 3.8) is 0 Å². The summed E-state index contributed by atoms with van der Waals surface area (Å²) in [6.07, 6.45) is 0. The quantitative estimate of drug-likeness (QED) is 0.162. The summed E-state index contributed by atoms with van der Waals surface area (Å²) in [6.45, 7) is 0. The third-order valence-corrected chi connectivity index (χ3v) is 11.9. The summed E-state index contributed by atoms with van der Waals surface area (Å²) < 4.78 is 15.5. The lowest BCUT2D eigenvalue weighted by Gasteiger charge is -2.26. The molecule has 0 N–H and O–H groups in total. The minimum atomic E-state index is 0.717. The molecule has 10 aromatic rings. The van der Waals surface area contributed by atoms with Gasteiger partial charge >= 0.3 is 0 Å². The molecule has 0 unspecified atom stereocenters. The first-order valence-electron chi connectivity index (χ1n) is 19.1. The molecule has 11 rings (SSSR count). The molecule has 0 amide bonds. The number of para-hydroxylation sites is 4. The molecule has 1 aliphatic heterocycles. The van der Waals surface area contributed by atoms with Crippen molar-refractivity contribution in [3.8, 4) is 60.7 Å². The van der Waals surface area contributed by atoms with Crippen molar-refractivity contribution in [2.45, 2.75) is 0 Å². The zero-order valence-electron chi connectivity index (χ0n) is 30.7. The molecule has 270 valence electrons. The predicted octanol–water partition coefficient (Wildman–Crippen LogP) is 15.2. The molecule has 0 fully saturated rings. The van der Waals surface area contributed by atoms with E-state index < -0.39 is 0 Å². The molecule has 0 saturated heterocycles. The fourth-order valence-corrected chi connectivity index (χ4v) is 9.16. The van der Waals surface area contributed by atoms with Crippen LogP contribution in [0.1, 0.15) is 0 Å². The summed E-state index contributed by atoms with van der Waals surface area (Å²) in [5, 5.41) is 2.42. The first-order valence-corrected chi connectivity index (χ1v) is 19.9. The molecule has 4 nitrogen and oxygen atoms in total. The van der Waals surface area contributed by atoms with Crippen LogP contribution in [0.2, 0.25) is 0 Å². The lowest BCUT2D eigenvalue weighted by atomic mass is 10.0. The Labute approximate surface area is 334 Å². The molecule has 57 heavy (non-hydrogen) atoms. The number of hydrogen-bond acceptors (Lipinski definition) is 4. The minimum Gasteiger partial charge on any atom is -0.448 e. The average molecular weight is 751 g/mol. The van der Waals surface area contributed by atoms with E-state index >= 15 is 0 Å². The van der Waals surface area contributed by atoms with Gasteiger partial charge in [0, 0.05) is 33.5 Å². The van der Waals surface area contributed by atoms with Crippen LogP contribution < -0.4 is 14.4 Å². The second-order valence-corrected chi connectivity index (χ2v) is 15.1. The number of nitrogens with zero attached hydrogens (tertiary/aromatic N) is 2. The third kappa shape index (κ3) is 5.76. The number of ether oxygens (including phenoxy) is 2. The molecule has 0 radical (unpaired) electrons. The maximum atomic E-state index is 6.61. The molecule has 2 aromatic heterocycles. The Hall–Kier alpha value is -7.34. The summed E-state index contributed by atoms with van der Waals surface area (Å²) >= 11 is 1.70. The Morgan fingerprint density at radius 2 is 0.825 bits per heavy atom. The molecule has 3 heterocycles. The van der Waals surface area contributed by atoms with Crippen molar-refractivity contribution in [2.24, 2.45) is 0 Å². The Bertz CT molecular complexity index is 3040. The van der Waals surface area contributed by atoms with E-state index in [1.807, 2.05) is 30.3 Å². The molecule has 0 bridgehead atoms. The summed E-state index contributed by atoms with van der Waals surface area (Å²) in [5.41, 5.74) is 11.2. The first-order chi connectivity index (χ1) is 28.3. The largest absolute Gasteiger partial charge is 0.448 e. The van der Waals surface area contributed by atoms with Gasteiger partial charge in [0.15, 0.2) is 23.0 Å². The lowest BCUT2D eigenvalue weighted by Crippen LogP contribution is -2.10. The van der Waals surface area contributed by atoms with Crippen LogP contribution in [0.4, 0.5) is 17.1 Å². The number of fused-ring (bicyclic) bond motifs is 5. The van der Waals surface area contributed by atoms with Gasteiger partial charge in [-0.1, -0.05) is 133 Å². The molecule has 0 saturated carbocycles. The summed E-state index contributed by atoms with van der Waals surface area (Å²) in [5.74, 6) is 2.94. The molecule has 1 aliphatic rings. The smallest absolute Gasteiger partial charge is 0.189 e. The SMILES string of the molecule is c1ccc(-c2ccc(N(c3ccc(-c4sc(-c5ccccc5)c5c4Oc4ccccc4O5)cc3)c3ccc4c(c3)c3ccccc3n4-c3ccccc3)cc2)cc1. The monoisotopic (exact) mass is 750 g/mol. The normalized spacial score (nSPS) is 11.8. The zero-order valence-corrected chi connectivity index (χ0v) is 31.6. The number of benzene rings is 8. The van der Waals surface area contributed by atoms with Crippen molar-refractivity contribution in [1.29, 1.82) is 0 Å². The van der Waals surface area contributed by atoms with Crippen molar-refractivity contribution < 1.29 is 9.47 Å². The molecule has 0 aliphatic carbocycles. The molecular weight excluding hydrogens is 717 g/mol. The van der Waals surface area contributed by atoms with Crippen LogP contribution in [0.25, 0.3) is 59.5 Å². The average Bonchev–Trinajstić information content (AvgIpc) is 3.82. The van der Waals surface area contributed by atoms with Crippen LogP contribution in [-0.2, 0) is 0 Å². The van der Waals surface area contributed by atoms with E-state index in [0.29, 0.717) is 0 Å². The highest BCUT2D eigenvalue weighted by molar-refractivity contribution is 7.19. The highest BCUT2D eigenvalue weighted by Gasteiger charge is 2.29. The van der Waals surface area contributed by atoms with Gasteiger partial charge in [0.25, 0.3) is 0 Å². The minimum absolute atomic E-state index is 0.717. The Morgan fingerprint density at radius 1 is 0.368 bits per heavy atom. The molecule has 0 spiro atoms. The maximum absolute atomic E-state index is 6.61. The Morgan fingerprint density at radius 3 is 1.46 bits per heavy atom. The number of rotatable bonds is 7. The van der Waals surface area contributed by atoms with E-state index in [1.165, 1.54) is 32.9 Å². The van der Waals surface area contributed by atoms with Crippen molar-refractivity contribution in [2.75, 3.05) is 4.90 Å². The van der Waals surface area contributed by atoms with Crippen LogP contribution >= 0.6 is 11.3 Å². The van der Waals surface area contributed by atoms with Gasteiger partial charge in [-0.25, -0.2) is 0 Å². The van der Waals surface area contributed by atoms with Crippen molar-refractivity contribution in [3.05, 3.63) is 206 Å². The van der Waals surface area contributed by atoms with Crippen LogP contribution in [0.5, 0.6) is 23.0 Å². The first kappa shape index (κ1) is 33.0. The maximum Gasteiger partial charge on any atom is 0.189 e. The molecular formula is C52H34N2O2S. The summed E-state index contributed by atoms with van der Waals surface area (Å²) in [7, 11) is 0. The van der Waals surface area contributed by atoms with Crippen LogP contribution in [0, 0.1) is 0 Å². The van der Waals surface area contributed by atoms with Crippen LogP contribution in [0.3, 0.4) is 0 Å². The number of anilines is 3. The third-order valence-electron chi connectivity index (χ3n) is 10.7. The lowest BCUT2D eigenvalue weighted by molar-refractivity contribution is 0.364. The van der Waals surface area contributed by atoms with Gasteiger partial charge < -0.3 is 18.9 Å². The van der Waals surface area contributed by atoms with E-state index in [4.69, 9.17) is 9.47 Å². The second kappa shape index (κ2) is 13.7. The predicted molar refractivity (Wildman–Crippen MR) is 236 cm³/mol.